The van der Waals surface area contributed by atoms with Crippen LogP contribution in [0.25, 0.3) is 22.5 Å². The summed E-state index contributed by atoms with van der Waals surface area (Å²) in [5, 5.41) is 3.69. The van der Waals surface area contributed by atoms with Gasteiger partial charge in [-0.2, -0.15) is 0 Å². The molecular weight excluding hydrogens is 342 g/mol. The molecule has 0 unspecified atom stereocenters. The van der Waals surface area contributed by atoms with Crippen molar-refractivity contribution >= 4 is 21.7 Å². The van der Waals surface area contributed by atoms with E-state index in [-0.39, 0.29) is 23.0 Å². The Kier molecular flexibility index (Phi) is 3.47. The van der Waals surface area contributed by atoms with Crippen molar-refractivity contribution in [2.75, 3.05) is 5.73 Å². The molecule has 0 aliphatic rings. The van der Waals surface area contributed by atoms with Crippen molar-refractivity contribution in [3.8, 4) is 22.5 Å². The first-order valence-electron chi connectivity index (χ1n) is 6.03. The third kappa shape index (κ3) is 2.54. The van der Waals surface area contributed by atoms with Crippen LogP contribution in [-0.2, 0) is 0 Å². The molecule has 21 heavy (non-hydrogen) atoms. The fourth-order valence-corrected chi connectivity index (χ4v) is 2.41. The van der Waals surface area contributed by atoms with Gasteiger partial charge in [0.2, 0.25) is 0 Å². The fraction of sp³-hybridized carbons (Fsp3) is 0. The Bertz CT molecular complexity index is 800. The van der Waals surface area contributed by atoms with E-state index in [4.69, 9.17) is 10.3 Å². The predicted molar refractivity (Wildman–Crippen MR) is 79.4 cm³/mol. The number of halogens is 3. The zero-order chi connectivity index (χ0) is 15.0. The van der Waals surface area contributed by atoms with Crippen LogP contribution in [0.3, 0.4) is 0 Å². The molecule has 2 aromatic carbocycles. The molecule has 0 aliphatic heterocycles. The smallest absolute Gasteiger partial charge is 0.179 e. The summed E-state index contributed by atoms with van der Waals surface area (Å²) in [5.74, 6) is -0.504. The summed E-state index contributed by atoms with van der Waals surface area (Å²) >= 11 is 3.28. The van der Waals surface area contributed by atoms with Crippen molar-refractivity contribution in [3.63, 3.8) is 0 Å². The molecule has 3 rings (SSSR count). The number of nitrogens with two attached hydrogens (primary N) is 1. The van der Waals surface area contributed by atoms with E-state index in [0.29, 0.717) is 15.6 Å². The van der Waals surface area contributed by atoms with Gasteiger partial charge in [0, 0.05) is 4.47 Å². The molecule has 106 valence electrons. The van der Waals surface area contributed by atoms with Crippen molar-refractivity contribution in [1.29, 1.82) is 0 Å². The van der Waals surface area contributed by atoms with E-state index in [9.17, 15) is 8.78 Å². The highest BCUT2D eigenvalue weighted by Crippen LogP contribution is 2.38. The minimum absolute atomic E-state index is 0.121. The minimum atomic E-state index is -0.460. The predicted octanol–water partition coefficient (Wildman–Crippen LogP) is 4.63. The Morgan fingerprint density at radius 3 is 2.48 bits per heavy atom. The van der Waals surface area contributed by atoms with Crippen molar-refractivity contribution in [2.24, 2.45) is 0 Å². The lowest BCUT2D eigenvalue weighted by Gasteiger charge is -2.04. The summed E-state index contributed by atoms with van der Waals surface area (Å²) in [6, 6.07) is 10.1. The van der Waals surface area contributed by atoms with E-state index >= 15 is 0 Å². The van der Waals surface area contributed by atoms with Gasteiger partial charge in [0.15, 0.2) is 11.6 Å². The summed E-state index contributed by atoms with van der Waals surface area (Å²) in [7, 11) is 0. The molecule has 3 aromatic rings. The van der Waals surface area contributed by atoms with E-state index in [1.54, 1.807) is 12.1 Å². The second kappa shape index (κ2) is 5.29. The Hall–Kier alpha value is -2.21. The molecule has 0 aliphatic carbocycles. The van der Waals surface area contributed by atoms with Crippen molar-refractivity contribution in [3.05, 3.63) is 58.6 Å². The lowest BCUT2D eigenvalue weighted by Crippen LogP contribution is -1.90. The number of anilines is 1. The lowest BCUT2D eigenvalue weighted by molar-refractivity contribution is 0.433. The highest BCUT2D eigenvalue weighted by molar-refractivity contribution is 9.10. The van der Waals surface area contributed by atoms with E-state index in [0.717, 1.165) is 0 Å². The van der Waals surface area contributed by atoms with Gasteiger partial charge in [-0.05, 0) is 35.9 Å². The fourth-order valence-electron chi connectivity index (χ4n) is 2.05. The maximum absolute atomic E-state index is 14.0. The van der Waals surface area contributed by atoms with Gasteiger partial charge in [-0.15, -0.1) is 0 Å². The molecule has 6 heteroatoms. The third-order valence-corrected chi connectivity index (χ3v) is 3.52. The zero-order valence-corrected chi connectivity index (χ0v) is 12.2. The van der Waals surface area contributed by atoms with Crippen LogP contribution < -0.4 is 5.73 Å². The molecular formula is C15H9BrF2N2O. The SMILES string of the molecule is Nc1noc(-c2cc(Br)ccc2F)c1-c1ccc(F)cc1. The Labute approximate surface area is 127 Å². The van der Waals surface area contributed by atoms with Crippen molar-refractivity contribution < 1.29 is 13.3 Å². The summed E-state index contributed by atoms with van der Waals surface area (Å²) in [6.07, 6.45) is 0. The molecule has 0 bridgehead atoms. The highest BCUT2D eigenvalue weighted by atomic mass is 79.9. The number of hydrogen-bond donors (Lipinski definition) is 1. The van der Waals surface area contributed by atoms with Gasteiger partial charge in [-0.1, -0.05) is 33.2 Å². The molecule has 0 spiro atoms. The molecule has 2 N–H and O–H groups in total. The van der Waals surface area contributed by atoms with Crippen molar-refractivity contribution in [1.82, 2.24) is 5.16 Å². The van der Waals surface area contributed by atoms with Crippen LogP contribution >= 0.6 is 15.9 Å². The number of nitrogen functional groups attached to an aromatic ring is 1. The molecule has 0 radical (unpaired) electrons. The van der Waals surface area contributed by atoms with Crippen LogP contribution in [0.4, 0.5) is 14.6 Å². The van der Waals surface area contributed by atoms with Crippen LogP contribution in [0.5, 0.6) is 0 Å². The largest absolute Gasteiger partial charge is 0.380 e. The van der Waals surface area contributed by atoms with Crippen LogP contribution in [-0.4, -0.2) is 5.16 Å². The molecule has 0 fully saturated rings. The topological polar surface area (TPSA) is 52.0 Å². The maximum atomic E-state index is 14.0. The average molecular weight is 351 g/mol. The van der Waals surface area contributed by atoms with Crippen LogP contribution in [0, 0.1) is 11.6 Å². The second-order valence-corrected chi connectivity index (χ2v) is 5.32. The van der Waals surface area contributed by atoms with E-state index in [2.05, 4.69) is 21.1 Å². The minimum Gasteiger partial charge on any atom is -0.380 e. The Balaban J connectivity index is 2.21. The second-order valence-electron chi connectivity index (χ2n) is 4.40. The van der Waals surface area contributed by atoms with Crippen LogP contribution in [0.2, 0.25) is 0 Å². The third-order valence-electron chi connectivity index (χ3n) is 3.02. The summed E-state index contributed by atoms with van der Waals surface area (Å²) in [4.78, 5) is 0. The Morgan fingerprint density at radius 1 is 1.05 bits per heavy atom. The lowest BCUT2D eigenvalue weighted by atomic mass is 10.0. The number of hydrogen-bond acceptors (Lipinski definition) is 3. The number of aromatic nitrogens is 1. The number of nitrogens with zero attached hydrogens (tertiary/aromatic N) is 1. The molecule has 0 amide bonds. The van der Waals surface area contributed by atoms with Gasteiger partial charge in [0.25, 0.3) is 0 Å². The van der Waals surface area contributed by atoms with Gasteiger partial charge in [0.05, 0.1) is 11.1 Å². The van der Waals surface area contributed by atoms with Gasteiger partial charge in [0.1, 0.15) is 11.6 Å². The standard InChI is InChI=1S/C15H9BrF2N2O/c16-9-3-6-12(18)11(7-9)14-13(15(19)20-21-14)8-1-4-10(17)5-2-8/h1-7H,(H2,19,20). The number of benzene rings is 2. The average Bonchev–Trinajstić information content (AvgIpc) is 2.84. The zero-order valence-electron chi connectivity index (χ0n) is 10.6. The van der Waals surface area contributed by atoms with Gasteiger partial charge in [-0.25, -0.2) is 8.78 Å². The normalized spacial score (nSPS) is 10.8. The Morgan fingerprint density at radius 2 is 1.76 bits per heavy atom. The van der Waals surface area contributed by atoms with E-state index in [1.165, 1.54) is 30.3 Å². The first-order valence-corrected chi connectivity index (χ1v) is 6.82. The summed E-state index contributed by atoms with van der Waals surface area (Å²) < 4.78 is 32.9. The highest BCUT2D eigenvalue weighted by Gasteiger charge is 2.20. The van der Waals surface area contributed by atoms with E-state index in [1.807, 2.05) is 0 Å². The van der Waals surface area contributed by atoms with Crippen LogP contribution in [0.15, 0.2) is 51.5 Å². The molecule has 1 heterocycles. The van der Waals surface area contributed by atoms with Gasteiger partial charge >= 0.3 is 0 Å². The first-order chi connectivity index (χ1) is 10.1. The van der Waals surface area contributed by atoms with Crippen molar-refractivity contribution in [2.45, 2.75) is 0 Å². The summed E-state index contributed by atoms with van der Waals surface area (Å²) in [5.41, 5.74) is 7.07. The van der Waals surface area contributed by atoms with Gasteiger partial charge in [-0.3, -0.25) is 0 Å². The molecule has 0 saturated carbocycles. The van der Waals surface area contributed by atoms with Gasteiger partial charge < -0.3 is 10.3 Å². The first kappa shape index (κ1) is 13.8. The molecule has 3 nitrogen and oxygen atoms in total. The monoisotopic (exact) mass is 350 g/mol. The molecule has 1 aromatic heterocycles. The molecule has 0 atom stereocenters. The number of rotatable bonds is 2. The maximum Gasteiger partial charge on any atom is 0.179 e. The van der Waals surface area contributed by atoms with Crippen LogP contribution in [0.1, 0.15) is 0 Å². The quantitative estimate of drug-likeness (QED) is 0.732. The van der Waals surface area contributed by atoms with E-state index < -0.39 is 5.82 Å². The summed E-state index contributed by atoms with van der Waals surface area (Å²) in [6.45, 7) is 0. The molecule has 0 saturated heterocycles.